The van der Waals surface area contributed by atoms with Crippen LogP contribution >= 0.6 is 0 Å². The van der Waals surface area contributed by atoms with Crippen LogP contribution in [0.2, 0.25) is 0 Å². The van der Waals surface area contributed by atoms with Crippen molar-refractivity contribution in [1.82, 2.24) is 5.32 Å². The summed E-state index contributed by atoms with van der Waals surface area (Å²) in [5.41, 5.74) is 1.87. The van der Waals surface area contributed by atoms with Crippen molar-refractivity contribution in [3.8, 4) is 5.75 Å². The average Bonchev–Trinajstić information content (AvgIpc) is 3.26. The molecule has 0 fully saturated rings. The molecule has 0 radical (unpaired) electrons. The standard InChI is InChI=1S/C35H41N3O6/c1-3-44-28-15-17-31-25(21-28)22-30(36-18-8-10-20-40)33(41)37(31)27-14-16-32-29(23-27)35(43,24(2)11-7-9-19-39)34(42)38(32)26-12-5-4-6-13-26/h4-7,11-17,21,23-24,30,36,39-40,43H,3,8-10,18-20,22H2,1-2H3/b11-7+/t24-,30?,35+/m1/s1. The molecule has 44 heavy (non-hydrogen) atoms. The molecule has 2 aliphatic rings. The van der Waals surface area contributed by atoms with Gasteiger partial charge in [-0.05, 0) is 93.2 Å². The van der Waals surface area contributed by atoms with E-state index in [0.717, 1.165) is 23.4 Å². The van der Waals surface area contributed by atoms with Crippen molar-refractivity contribution in [3.63, 3.8) is 0 Å². The van der Waals surface area contributed by atoms with Gasteiger partial charge in [-0.25, -0.2) is 0 Å². The van der Waals surface area contributed by atoms with Gasteiger partial charge in [-0.3, -0.25) is 19.4 Å². The number of aliphatic hydroxyl groups excluding tert-OH is 2. The molecule has 0 bridgehead atoms. The molecule has 0 saturated heterocycles. The monoisotopic (exact) mass is 599 g/mol. The molecule has 4 N–H and O–H groups in total. The Labute approximate surface area is 258 Å². The van der Waals surface area contributed by atoms with Crippen molar-refractivity contribution in [2.45, 2.75) is 51.2 Å². The van der Waals surface area contributed by atoms with E-state index in [-0.39, 0.29) is 19.1 Å². The molecule has 0 aromatic heterocycles. The molecule has 2 heterocycles. The van der Waals surface area contributed by atoms with Crippen LogP contribution in [0.4, 0.5) is 22.7 Å². The van der Waals surface area contributed by atoms with Crippen LogP contribution in [0.3, 0.4) is 0 Å². The number of fused-ring (bicyclic) bond motifs is 2. The van der Waals surface area contributed by atoms with E-state index in [1.165, 1.54) is 4.90 Å². The van der Waals surface area contributed by atoms with Gasteiger partial charge in [0.15, 0.2) is 5.60 Å². The molecule has 5 rings (SSSR count). The van der Waals surface area contributed by atoms with E-state index in [2.05, 4.69) is 5.32 Å². The van der Waals surface area contributed by atoms with E-state index in [0.29, 0.717) is 55.0 Å². The van der Waals surface area contributed by atoms with E-state index in [9.17, 15) is 24.9 Å². The van der Waals surface area contributed by atoms with Gasteiger partial charge in [0.1, 0.15) is 5.75 Å². The summed E-state index contributed by atoms with van der Waals surface area (Å²) < 4.78 is 5.76. The Morgan fingerprint density at radius 1 is 0.977 bits per heavy atom. The first-order valence-electron chi connectivity index (χ1n) is 15.3. The number of ether oxygens (including phenoxy) is 1. The summed E-state index contributed by atoms with van der Waals surface area (Å²) in [4.78, 5) is 31.4. The molecular formula is C35H41N3O6. The third kappa shape index (κ3) is 5.88. The fourth-order valence-electron chi connectivity index (χ4n) is 6.07. The van der Waals surface area contributed by atoms with Crippen LogP contribution in [0.1, 0.15) is 44.2 Å². The van der Waals surface area contributed by atoms with Crippen LogP contribution in [-0.4, -0.2) is 59.5 Å². The lowest BCUT2D eigenvalue weighted by molar-refractivity contribution is -0.138. The van der Waals surface area contributed by atoms with Gasteiger partial charge in [0.2, 0.25) is 5.91 Å². The zero-order chi connectivity index (χ0) is 31.3. The van der Waals surface area contributed by atoms with Crippen LogP contribution in [0.25, 0.3) is 0 Å². The Balaban J connectivity index is 1.61. The molecule has 2 amide bonds. The lowest BCUT2D eigenvalue weighted by Gasteiger charge is -2.35. The highest BCUT2D eigenvalue weighted by molar-refractivity contribution is 6.13. The molecule has 3 aromatic rings. The van der Waals surface area contributed by atoms with Gasteiger partial charge in [-0.2, -0.15) is 0 Å². The molecule has 9 nitrogen and oxygen atoms in total. The predicted molar refractivity (Wildman–Crippen MR) is 171 cm³/mol. The normalized spacial score (nSPS) is 20.2. The molecule has 232 valence electrons. The first-order valence-corrected chi connectivity index (χ1v) is 15.3. The largest absolute Gasteiger partial charge is 0.494 e. The number of amides is 2. The summed E-state index contributed by atoms with van der Waals surface area (Å²) in [5.74, 6) is -0.528. The molecule has 0 spiro atoms. The Morgan fingerprint density at radius 2 is 1.75 bits per heavy atom. The maximum absolute atomic E-state index is 14.1. The number of unbranched alkanes of at least 4 members (excludes halogenated alkanes) is 1. The topological polar surface area (TPSA) is 123 Å². The van der Waals surface area contributed by atoms with Gasteiger partial charge in [-0.15, -0.1) is 0 Å². The lowest BCUT2D eigenvalue weighted by Crippen LogP contribution is -2.49. The van der Waals surface area contributed by atoms with Crippen LogP contribution in [0, 0.1) is 5.92 Å². The zero-order valence-electron chi connectivity index (χ0n) is 25.3. The van der Waals surface area contributed by atoms with Crippen molar-refractivity contribution < 1.29 is 29.6 Å². The van der Waals surface area contributed by atoms with Crippen molar-refractivity contribution in [2.24, 2.45) is 5.92 Å². The number of para-hydroxylation sites is 1. The smallest absolute Gasteiger partial charge is 0.268 e. The second-order valence-electron chi connectivity index (χ2n) is 11.2. The number of nitrogens with zero attached hydrogens (tertiary/aromatic N) is 2. The van der Waals surface area contributed by atoms with E-state index in [4.69, 9.17) is 4.74 Å². The van der Waals surface area contributed by atoms with Gasteiger partial charge >= 0.3 is 0 Å². The second kappa shape index (κ2) is 13.7. The minimum absolute atomic E-state index is 0.0385. The highest BCUT2D eigenvalue weighted by Crippen LogP contribution is 2.50. The highest BCUT2D eigenvalue weighted by Gasteiger charge is 2.53. The third-order valence-corrected chi connectivity index (χ3v) is 8.33. The molecule has 2 aliphatic heterocycles. The fourth-order valence-corrected chi connectivity index (χ4v) is 6.07. The number of rotatable bonds is 13. The van der Waals surface area contributed by atoms with Gasteiger partial charge in [0.05, 0.1) is 24.0 Å². The summed E-state index contributed by atoms with van der Waals surface area (Å²) in [6.45, 7) is 4.85. The minimum Gasteiger partial charge on any atom is -0.494 e. The number of hydrogen-bond donors (Lipinski definition) is 4. The summed E-state index contributed by atoms with van der Waals surface area (Å²) >= 11 is 0. The van der Waals surface area contributed by atoms with Crippen LogP contribution in [0.15, 0.2) is 78.9 Å². The summed E-state index contributed by atoms with van der Waals surface area (Å²) in [6, 6.07) is 19.7. The Morgan fingerprint density at radius 3 is 2.48 bits per heavy atom. The highest BCUT2D eigenvalue weighted by atomic mass is 16.5. The number of anilines is 4. The fraction of sp³-hybridized carbons (Fsp3) is 0.371. The first kappa shape index (κ1) is 31.4. The van der Waals surface area contributed by atoms with Crippen molar-refractivity contribution in [2.75, 3.05) is 36.2 Å². The average molecular weight is 600 g/mol. The van der Waals surface area contributed by atoms with Crippen molar-refractivity contribution in [1.29, 1.82) is 0 Å². The van der Waals surface area contributed by atoms with Crippen molar-refractivity contribution in [3.05, 3.63) is 90.0 Å². The maximum Gasteiger partial charge on any atom is 0.268 e. The predicted octanol–water partition coefficient (Wildman–Crippen LogP) is 4.48. The number of carbonyl (C=O) groups excluding carboxylic acids is 2. The number of nitrogens with one attached hydrogen (secondary N) is 1. The van der Waals surface area contributed by atoms with Crippen LogP contribution in [-0.2, 0) is 21.6 Å². The third-order valence-electron chi connectivity index (χ3n) is 8.33. The van der Waals surface area contributed by atoms with E-state index < -0.39 is 23.5 Å². The van der Waals surface area contributed by atoms with E-state index in [1.54, 1.807) is 36.1 Å². The Bertz CT molecular complexity index is 1510. The summed E-state index contributed by atoms with van der Waals surface area (Å²) in [7, 11) is 0. The molecule has 0 aliphatic carbocycles. The van der Waals surface area contributed by atoms with Crippen molar-refractivity contribution >= 4 is 34.6 Å². The minimum atomic E-state index is -1.91. The van der Waals surface area contributed by atoms with Gasteiger partial charge in [0.25, 0.3) is 5.91 Å². The number of hydrogen-bond acceptors (Lipinski definition) is 7. The summed E-state index contributed by atoms with van der Waals surface area (Å²) in [6.07, 6.45) is 5.77. The van der Waals surface area contributed by atoms with Gasteiger partial charge in [-0.1, -0.05) is 37.3 Å². The number of aliphatic hydroxyl groups is 3. The number of benzene rings is 3. The van der Waals surface area contributed by atoms with Gasteiger partial charge in [0, 0.05) is 36.1 Å². The zero-order valence-corrected chi connectivity index (χ0v) is 25.3. The molecule has 3 aromatic carbocycles. The van der Waals surface area contributed by atoms with Crippen LogP contribution in [0.5, 0.6) is 5.75 Å². The molecule has 3 atom stereocenters. The van der Waals surface area contributed by atoms with E-state index in [1.807, 2.05) is 61.5 Å². The molecular weight excluding hydrogens is 558 g/mol. The Kier molecular flexibility index (Phi) is 9.80. The first-order chi connectivity index (χ1) is 21.3. The Hall–Kier alpha value is -4.02. The van der Waals surface area contributed by atoms with E-state index >= 15 is 0 Å². The lowest BCUT2D eigenvalue weighted by atomic mass is 9.82. The SMILES string of the molecule is CCOc1ccc2c(c1)CC(NCCCCO)C(=O)N2c1ccc2c(c1)[C@@](O)([C@H](C)/C=C/CCO)C(=O)N2c1ccccc1. The van der Waals surface area contributed by atoms with Gasteiger partial charge < -0.3 is 25.4 Å². The molecule has 1 unspecified atom stereocenters. The van der Waals surface area contributed by atoms with Crippen LogP contribution < -0.4 is 19.9 Å². The molecule has 9 heteroatoms. The number of carbonyl (C=O) groups is 2. The second-order valence-corrected chi connectivity index (χ2v) is 11.2. The quantitative estimate of drug-likeness (QED) is 0.169. The maximum atomic E-state index is 14.1. The molecule has 0 saturated carbocycles. The summed E-state index contributed by atoms with van der Waals surface area (Å²) in [5, 5.41) is 34.1.